The number of halogens is 4. The molecule has 2 aromatic rings. The first kappa shape index (κ1) is 16.4. The van der Waals surface area contributed by atoms with Crippen LogP contribution in [0.4, 0.5) is 15.8 Å². The minimum absolute atomic E-state index is 0.0282. The van der Waals surface area contributed by atoms with Gasteiger partial charge in [-0.3, -0.25) is 4.72 Å². The highest BCUT2D eigenvalue weighted by atomic mass is 79.9. The number of rotatable bonds is 3. The molecular formula is C12H8BrCl2FN2O2S. The Morgan fingerprint density at radius 2 is 1.86 bits per heavy atom. The van der Waals surface area contributed by atoms with Crippen molar-refractivity contribution in [3.63, 3.8) is 0 Å². The minimum Gasteiger partial charge on any atom is -0.398 e. The van der Waals surface area contributed by atoms with Crippen LogP contribution in [-0.2, 0) is 10.0 Å². The van der Waals surface area contributed by atoms with Gasteiger partial charge in [-0.25, -0.2) is 12.8 Å². The molecule has 0 fully saturated rings. The summed E-state index contributed by atoms with van der Waals surface area (Å²) in [6, 6.07) is 6.12. The number of sulfonamides is 1. The molecule has 2 rings (SSSR count). The highest BCUT2D eigenvalue weighted by Gasteiger charge is 2.23. The third-order valence-corrected chi connectivity index (χ3v) is 5.28. The number of hydrogen-bond donors (Lipinski definition) is 2. The van der Waals surface area contributed by atoms with Crippen molar-refractivity contribution in [2.75, 3.05) is 10.5 Å². The van der Waals surface area contributed by atoms with Gasteiger partial charge in [0.15, 0.2) is 0 Å². The van der Waals surface area contributed by atoms with E-state index in [0.29, 0.717) is 4.47 Å². The van der Waals surface area contributed by atoms with Crippen molar-refractivity contribution in [2.24, 2.45) is 0 Å². The topological polar surface area (TPSA) is 72.2 Å². The summed E-state index contributed by atoms with van der Waals surface area (Å²) in [7, 11) is -4.09. The predicted octanol–water partition coefficient (Wildman–Crippen LogP) is 4.28. The van der Waals surface area contributed by atoms with E-state index in [1.165, 1.54) is 24.3 Å². The quantitative estimate of drug-likeness (QED) is 0.737. The predicted molar refractivity (Wildman–Crippen MR) is 85.8 cm³/mol. The van der Waals surface area contributed by atoms with Crippen molar-refractivity contribution >= 4 is 60.5 Å². The van der Waals surface area contributed by atoms with E-state index < -0.39 is 15.8 Å². The molecule has 0 heterocycles. The molecule has 0 aliphatic heterocycles. The summed E-state index contributed by atoms with van der Waals surface area (Å²) in [6.45, 7) is 0. The zero-order valence-electron chi connectivity index (χ0n) is 10.2. The van der Waals surface area contributed by atoms with E-state index in [1.54, 1.807) is 0 Å². The van der Waals surface area contributed by atoms with Crippen LogP contribution in [-0.4, -0.2) is 8.42 Å². The second-order valence-electron chi connectivity index (χ2n) is 4.04. The molecule has 3 N–H and O–H groups in total. The maximum atomic E-state index is 13.2. The highest BCUT2D eigenvalue weighted by Crippen LogP contribution is 2.33. The SMILES string of the molecule is Nc1cc(Cl)cc(Cl)c1S(=O)(=O)Nc1cc(F)ccc1Br. The Hall–Kier alpha value is -1.02. The molecule has 0 bridgehead atoms. The Kier molecular flexibility index (Phi) is 4.67. The standard InChI is InChI=1S/C12H8BrCl2FN2O2S/c13-8-2-1-7(16)5-11(8)18-21(19,20)12-9(15)3-6(14)4-10(12)17/h1-5,18H,17H2. The molecular weight excluding hydrogens is 406 g/mol. The Labute approximate surface area is 139 Å². The second-order valence-corrected chi connectivity index (χ2v) is 7.35. The van der Waals surface area contributed by atoms with Gasteiger partial charge in [-0.1, -0.05) is 23.2 Å². The Bertz CT molecular complexity index is 792. The second kappa shape index (κ2) is 6.00. The Morgan fingerprint density at radius 1 is 1.19 bits per heavy atom. The van der Waals surface area contributed by atoms with Crippen LogP contribution in [0, 0.1) is 5.82 Å². The number of nitrogen functional groups attached to an aromatic ring is 1. The average Bonchev–Trinajstić information content (AvgIpc) is 2.31. The monoisotopic (exact) mass is 412 g/mol. The zero-order chi connectivity index (χ0) is 15.8. The van der Waals surface area contributed by atoms with E-state index in [9.17, 15) is 12.8 Å². The van der Waals surface area contributed by atoms with Crippen molar-refractivity contribution in [2.45, 2.75) is 4.90 Å². The lowest BCUT2D eigenvalue weighted by atomic mass is 10.3. The number of anilines is 2. The van der Waals surface area contributed by atoms with Crippen LogP contribution in [0.15, 0.2) is 39.7 Å². The van der Waals surface area contributed by atoms with Gasteiger partial charge in [-0.15, -0.1) is 0 Å². The molecule has 21 heavy (non-hydrogen) atoms. The normalized spacial score (nSPS) is 11.4. The molecule has 4 nitrogen and oxygen atoms in total. The molecule has 0 aliphatic carbocycles. The molecule has 0 atom stereocenters. The smallest absolute Gasteiger partial charge is 0.265 e. The third kappa shape index (κ3) is 3.60. The van der Waals surface area contributed by atoms with Gasteiger partial charge in [-0.2, -0.15) is 0 Å². The summed E-state index contributed by atoms with van der Waals surface area (Å²) in [4.78, 5) is -0.315. The summed E-state index contributed by atoms with van der Waals surface area (Å²) in [5, 5.41) is 0.0865. The molecule has 0 aliphatic rings. The van der Waals surface area contributed by atoms with E-state index >= 15 is 0 Å². The fourth-order valence-corrected chi connectivity index (χ4v) is 4.17. The van der Waals surface area contributed by atoms with Crippen LogP contribution in [0.5, 0.6) is 0 Å². The molecule has 0 saturated carbocycles. The average molecular weight is 414 g/mol. The molecule has 2 aromatic carbocycles. The van der Waals surface area contributed by atoms with Gasteiger partial charge in [0, 0.05) is 9.50 Å². The number of benzene rings is 2. The van der Waals surface area contributed by atoms with Gasteiger partial charge in [0.05, 0.1) is 16.4 Å². The van der Waals surface area contributed by atoms with Crippen molar-refractivity contribution < 1.29 is 12.8 Å². The fourth-order valence-electron chi connectivity index (χ4n) is 1.64. The van der Waals surface area contributed by atoms with E-state index in [1.807, 2.05) is 0 Å². The molecule has 0 radical (unpaired) electrons. The summed E-state index contributed by atoms with van der Waals surface area (Å²) < 4.78 is 40.5. The summed E-state index contributed by atoms with van der Waals surface area (Å²) in [5.41, 5.74) is 5.58. The number of nitrogens with two attached hydrogens (primary N) is 1. The molecule has 0 aromatic heterocycles. The number of hydrogen-bond acceptors (Lipinski definition) is 3. The molecule has 112 valence electrons. The van der Waals surface area contributed by atoms with E-state index in [0.717, 1.165) is 6.07 Å². The van der Waals surface area contributed by atoms with E-state index in [4.69, 9.17) is 28.9 Å². The van der Waals surface area contributed by atoms with Gasteiger partial charge in [0.1, 0.15) is 10.7 Å². The van der Waals surface area contributed by atoms with Crippen LogP contribution in [0.25, 0.3) is 0 Å². The Morgan fingerprint density at radius 3 is 2.48 bits per heavy atom. The summed E-state index contributed by atoms with van der Waals surface area (Å²) >= 11 is 14.8. The van der Waals surface area contributed by atoms with Crippen molar-refractivity contribution in [1.29, 1.82) is 0 Å². The molecule has 0 saturated heterocycles. The van der Waals surface area contributed by atoms with Crippen molar-refractivity contribution in [1.82, 2.24) is 0 Å². The van der Waals surface area contributed by atoms with Gasteiger partial charge in [0.2, 0.25) is 0 Å². The highest BCUT2D eigenvalue weighted by molar-refractivity contribution is 9.10. The molecule has 0 unspecified atom stereocenters. The lowest BCUT2D eigenvalue weighted by Gasteiger charge is -2.13. The van der Waals surface area contributed by atoms with Crippen LogP contribution >= 0.6 is 39.1 Å². The van der Waals surface area contributed by atoms with Gasteiger partial charge in [-0.05, 0) is 46.3 Å². The van der Waals surface area contributed by atoms with Gasteiger partial charge < -0.3 is 5.73 Å². The summed E-state index contributed by atoms with van der Waals surface area (Å²) in [5.74, 6) is -0.592. The van der Waals surface area contributed by atoms with E-state index in [-0.39, 0.29) is 26.3 Å². The van der Waals surface area contributed by atoms with Gasteiger partial charge >= 0.3 is 0 Å². The minimum atomic E-state index is -4.09. The Balaban J connectivity index is 2.51. The maximum absolute atomic E-state index is 13.2. The van der Waals surface area contributed by atoms with Crippen LogP contribution < -0.4 is 10.5 Å². The first-order chi connectivity index (χ1) is 9.70. The third-order valence-electron chi connectivity index (χ3n) is 2.48. The zero-order valence-corrected chi connectivity index (χ0v) is 14.1. The number of nitrogens with one attached hydrogen (secondary N) is 1. The van der Waals surface area contributed by atoms with Crippen LogP contribution in [0.3, 0.4) is 0 Å². The fraction of sp³-hybridized carbons (Fsp3) is 0. The summed E-state index contributed by atoms with van der Waals surface area (Å²) in [6.07, 6.45) is 0. The van der Waals surface area contributed by atoms with Gasteiger partial charge in [0.25, 0.3) is 10.0 Å². The molecule has 0 spiro atoms. The maximum Gasteiger partial charge on any atom is 0.265 e. The van der Waals surface area contributed by atoms with Crippen LogP contribution in [0.2, 0.25) is 10.0 Å². The van der Waals surface area contributed by atoms with Crippen molar-refractivity contribution in [3.8, 4) is 0 Å². The van der Waals surface area contributed by atoms with E-state index in [2.05, 4.69) is 20.7 Å². The largest absolute Gasteiger partial charge is 0.398 e. The van der Waals surface area contributed by atoms with Crippen LogP contribution in [0.1, 0.15) is 0 Å². The molecule has 9 heteroatoms. The van der Waals surface area contributed by atoms with Crippen molar-refractivity contribution in [3.05, 3.63) is 50.7 Å². The first-order valence-corrected chi connectivity index (χ1v) is 8.46. The lowest BCUT2D eigenvalue weighted by Crippen LogP contribution is -2.16. The first-order valence-electron chi connectivity index (χ1n) is 5.43. The lowest BCUT2D eigenvalue weighted by molar-refractivity contribution is 0.601. The molecule has 0 amide bonds.